The number of nitriles is 1. The molecule has 2 saturated heterocycles. The van der Waals surface area contributed by atoms with Gasteiger partial charge < -0.3 is 9.64 Å². The largest absolute Gasteiger partial charge is 0.373 e. The molecule has 2 fully saturated rings. The predicted molar refractivity (Wildman–Crippen MR) is 77.2 cm³/mol. The van der Waals surface area contributed by atoms with Gasteiger partial charge in [-0.05, 0) is 25.2 Å². The topological polar surface area (TPSA) is 39.5 Å². The third-order valence-electron chi connectivity index (χ3n) is 4.00. The first-order chi connectivity index (χ1) is 9.19. The van der Waals surface area contributed by atoms with Crippen LogP contribution in [-0.4, -0.2) is 50.3 Å². The van der Waals surface area contributed by atoms with E-state index in [1.54, 1.807) is 0 Å². The van der Waals surface area contributed by atoms with Crippen molar-refractivity contribution < 1.29 is 4.74 Å². The number of nitrogens with zero attached hydrogens (tertiary/aromatic N) is 3. The first-order valence-electron chi connectivity index (χ1n) is 6.45. The molecule has 1 aromatic carbocycles. The first kappa shape index (κ1) is 12.9. The molecule has 0 radical (unpaired) electrons. The predicted octanol–water partition coefficient (Wildman–Crippen LogP) is 1.84. The molecule has 5 heteroatoms. The number of rotatable bonds is 1. The maximum atomic E-state index is 9.27. The summed E-state index contributed by atoms with van der Waals surface area (Å²) in [6, 6.07) is 8.59. The van der Waals surface area contributed by atoms with E-state index in [1.165, 1.54) is 0 Å². The minimum absolute atomic E-state index is 0.258. The molecular weight excluding hydrogens is 306 g/mol. The Bertz CT molecular complexity index is 528. The van der Waals surface area contributed by atoms with E-state index < -0.39 is 0 Å². The van der Waals surface area contributed by atoms with Gasteiger partial charge in [0, 0.05) is 24.1 Å². The Hall–Kier alpha value is -1.09. The SMILES string of the molecule is CN1CCOC2CN(c3ccc(Br)cc3C#N)CC21. The van der Waals surface area contributed by atoms with Gasteiger partial charge in [-0.3, -0.25) is 4.90 Å². The molecule has 1 aromatic rings. The van der Waals surface area contributed by atoms with E-state index in [0.29, 0.717) is 6.04 Å². The van der Waals surface area contributed by atoms with Gasteiger partial charge in [-0.15, -0.1) is 0 Å². The van der Waals surface area contributed by atoms with Gasteiger partial charge in [-0.25, -0.2) is 0 Å². The van der Waals surface area contributed by atoms with Crippen molar-refractivity contribution in [2.45, 2.75) is 12.1 Å². The van der Waals surface area contributed by atoms with E-state index in [1.807, 2.05) is 18.2 Å². The van der Waals surface area contributed by atoms with E-state index in [9.17, 15) is 5.26 Å². The van der Waals surface area contributed by atoms with Crippen molar-refractivity contribution in [1.29, 1.82) is 5.26 Å². The molecular formula is C14H16BrN3O. The summed E-state index contributed by atoms with van der Waals surface area (Å²) in [5.41, 5.74) is 1.73. The number of halogens is 1. The molecule has 3 rings (SSSR count). The van der Waals surface area contributed by atoms with Crippen LogP contribution in [0.5, 0.6) is 0 Å². The molecule has 2 aliphatic heterocycles. The minimum Gasteiger partial charge on any atom is -0.373 e. The monoisotopic (exact) mass is 321 g/mol. The molecule has 19 heavy (non-hydrogen) atoms. The molecule has 0 spiro atoms. The molecule has 2 atom stereocenters. The fourth-order valence-corrected chi connectivity index (χ4v) is 3.29. The molecule has 0 N–H and O–H groups in total. The lowest BCUT2D eigenvalue weighted by molar-refractivity contribution is -0.0362. The Morgan fingerprint density at radius 3 is 3.00 bits per heavy atom. The van der Waals surface area contributed by atoms with Crippen molar-refractivity contribution in [3.8, 4) is 6.07 Å². The van der Waals surface area contributed by atoms with Crippen molar-refractivity contribution in [2.75, 3.05) is 38.2 Å². The molecule has 4 nitrogen and oxygen atoms in total. The lowest BCUT2D eigenvalue weighted by Gasteiger charge is -2.33. The van der Waals surface area contributed by atoms with Crippen LogP contribution in [0.25, 0.3) is 0 Å². The molecule has 0 bridgehead atoms. The summed E-state index contributed by atoms with van der Waals surface area (Å²) in [6.45, 7) is 3.58. The number of anilines is 1. The highest BCUT2D eigenvalue weighted by atomic mass is 79.9. The van der Waals surface area contributed by atoms with Crippen LogP contribution in [0.2, 0.25) is 0 Å². The summed E-state index contributed by atoms with van der Waals surface area (Å²) in [5.74, 6) is 0. The highest BCUT2D eigenvalue weighted by Gasteiger charge is 2.39. The van der Waals surface area contributed by atoms with Crippen molar-refractivity contribution in [3.05, 3.63) is 28.2 Å². The number of fused-ring (bicyclic) bond motifs is 1. The Balaban J connectivity index is 1.87. The van der Waals surface area contributed by atoms with Crippen LogP contribution < -0.4 is 4.90 Å². The third kappa shape index (κ3) is 2.36. The Labute approximate surface area is 121 Å². The van der Waals surface area contributed by atoms with Crippen molar-refractivity contribution in [2.24, 2.45) is 0 Å². The Kier molecular flexibility index (Phi) is 3.48. The maximum Gasteiger partial charge on any atom is 0.101 e. The van der Waals surface area contributed by atoms with E-state index in [2.05, 4.69) is 38.8 Å². The quantitative estimate of drug-likeness (QED) is 0.791. The first-order valence-corrected chi connectivity index (χ1v) is 7.25. The van der Waals surface area contributed by atoms with Gasteiger partial charge >= 0.3 is 0 Å². The summed E-state index contributed by atoms with van der Waals surface area (Å²) in [4.78, 5) is 4.63. The zero-order valence-corrected chi connectivity index (χ0v) is 12.4. The molecule has 0 aliphatic carbocycles. The lowest BCUT2D eigenvalue weighted by Crippen LogP contribution is -2.48. The van der Waals surface area contributed by atoms with Crippen LogP contribution >= 0.6 is 15.9 Å². The number of likely N-dealkylation sites (N-methyl/N-ethyl adjacent to an activating group) is 1. The highest BCUT2D eigenvalue weighted by molar-refractivity contribution is 9.10. The summed E-state index contributed by atoms with van der Waals surface area (Å²) >= 11 is 3.41. The lowest BCUT2D eigenvalue weighted by atomic mass is 10.1. The molecule has 0 aromatic heterocycles. The number of ether oxygens (including phenoxy) is 1. The molecule has 2 heterocycles. The molecule has 2 aliphatic rings. The van der Waals surface area contributed by atoms with Crippen molar-refractivity contribution >= 4 is 21.6 Å². The summed E-state index contributed by atoms with van der Waals surface area (Å²) in [7, 11) is 2.15. The standard InChI is InChI=1S/C14H16BrN3O/c1-17-4-5-19-14-9-18(8-13(14)17)12-3-2-11(15)6-10(12)7-16/h2-3,6,13-14H,4-5,8-9H2,1H3. The van der Waals surface area contributed by atoms with Crippen LogP contribution in [0.15, 0.2) is 22.7 Å². The average molecular weight is 322 g/mol. The van der Waals surface area contributed by atoms with Gasteiger partial charge in [0.15, 0.2) is 0 Å². The van der Waals surface area contributed by atoms with E-state index in [0.717, 1.165) is 42.0 Å². The number of benzene rings is 1. The highest BCUT2D eigenvalue weighted by Crippen LogP contribution is 2.30. The number of hydrogen-bond donors (Lipinski definition) is 0. The minimum atomic E-state index is 0.258. The second-order valence-electron chi connectivity index (χ2n) is 5.14. The fraction of sp³-hybridized carbons (Fsp3) is 0.500. The summed E-state index contributed by atoms with van der Waals surface area (Å²) < 4.78 is 6.79. The third-order valence-corrected chi connectivity index (χ3v) is 4.49. The van der Waals surface area contributed by atoms with Crippen LogP contribution in [-0.2, 0) is 4.74 Å². The van der Waals surface area contributed by atoms with Crippen LogP contribution in [0.1, 0.15) is 5.56 Å². The Morgan fingerprint density at radius 2 is 2.26 bits per heavy atom. The maximum absolute atomic E-state index is 9.27. The normalized spacial score (nSPS) is 27.1. The smallest absolute Gasteiger partial charge is 0.101 e. The zero-order valence-electron chi connectivity index (χ0n) is 10.8. The average Bonchev–Trinajstić information content (AvgIpc) is 2.83. The Morgan fingerprint density at radius 1 is 1.42 bits per heavy atom. The fourth-order valence-electron chi connectivity index (χ4n) is 2.93. The summed E-state index contributed by atoms with van der Waals surface area (Å²) in [6.07, 6.45) is 0.258. The molecule has 0 saturated carbocycles. The van der Waals surface area contributed by atoms with Gasteiger partial charge in [0.1, 0.15) is 6.07 Å². The molecule has 2 unspecified atom stereocenters. The van der Waals surface area contributed by atoms with Crippen LogP contribution in [0.3, 0.4) is 0 Å². The van der Waals surface area contributed by atoms with Crippen molar-refractivity contribution in [3.63, 3.8) is 0 Å². The number of hydrogen-bond acceptors (Lipinski definition) is 4. The second-order valence-corrected chi connectivity index (χ2v) is 6.05. The van der Waals surface area contributed by atoms with Crippen LogP contribution in [0.4, 0.5) is 5.69 Å². The van der Waals surface area contributed by atoms with Crippen molar-refractivity contribution in [1.82, 2.24) is 4.90 Å². The van der Waals surface area contributed by atoms with Gasteiger partial charge in [0.2, 0.25) is 0 Å². The molecule has 0 amide bonds. The number of morpholine rings is 1. The van der Waals surface area contributed by atoms with E-state index >= 15 is 0 Å². The van der Waals surface area contributed by atoms with Gasteiger partial charge in [0.05, 0.1) is 30.0 Å². The van der Waals surface area contributed by atoms with E-state index in [4.69, 9.17) is 4.74 Å². The van der Waals surface area contributed by atoms with Gasteiger partial charge in [0.25, 0.3) is 0 Å². The second kappa shape index (κ2) is 5.12. The molecule has 100 valence electrons. The van der Waals surface area contributed by atoms with Crippen LogP contribution in [0, 0.1) is 11.3 Å². The van der Waals surface area contributed by atoms with Gasteiger partial charge in [-0.2, -0.15) is 5.26 Å². The zero-order chi connectivity index (χ0) is 13.4. The van der Waals surface area contributed by atoms with E-state index in [-0.39, 0.29) is 6.10 Å². The van der Waals surface area contributed by atoms with Gasteiger partial charge in [-0.1, -0.05) is 15.9 Å². The summed E-state index contributed by atoms with van der Waals surface area (Å²) in [5, 5.41) is 9.27.